The molecule has 2 aliphatic rings. The molecule has 2 aromatic rings. The van der Waals surface area contributed by atoms with Crippen molar-refractivity contribution in [2.75, 3.05) is 5.32 Å². The fraction of sp³-hybridized carbons (Fsp3) is 0.455. The molecule has 4 nitrogen and oxygen atoms in total. The number of amides is 2. The fourth-order valence-corrected chi connectivity index (χ4v) is 5.59. The third-order valence-corrected chi connectivity index (χ3v) is 8.12. The summed E-state index contributed by atoms with van der Waals surface area (Å²) in [7, 11) is 0. The lowest BCUT2D eigenvalue weighted by Gasteiger charge is -2.39. The van der Waals surface area contributed by atoms with Crippen LogP contribution in [0.2, 0.25) is 0 Å². The quantitative estimate of drug-likeness (QED) is 0.786. The number of hydrogen-bond acceptors (Lipinski definition) is 3. The summed E-state index contributed by atoms with van der Waals surface area (Å²) in [6.07, 6.45) is 3.53. The van der Waals surface area contributed by atoms with E-state index in [1.807, 2.05) is 11.4 Å². The molecule has 27 heavy (non-hydrogen) atoms. The number of rotatable bonds is 4. The average molecular weight is 383 g/mol. The summed E-state index contributed by atoms with van der Waals surface area (Å²) in [4.78, 5) is 25.5. The third kappa shape index (κ3) is 2.98. The van der Waals surface area contributed by atoms with Crippen LogP contribution in [0, 0.1) is 16.7 Å². The van der Waals surface area contributed by atoms with E-state index in [-0.39, 0.29) is 28.7 Å². The van der Waals surface area contributed by atoms with Crippen LogP contribution in [0.15, 0.2) is 41.8 Å². The Hall–Kier alpha value is -2.14. The highest BCUT2D eigenvalue weighted by atomic mass is 32.1. The molecule has 3 unspecified atom stereocenters. The first-order valence-electron chi connectivity index (χ1n) is 9.57. The van der Waals surface area contributed by atoms with Crippen molar-refractivity contribution in [3.05, 3.63) is 52.2 Å². The monoisotopic (exact) mass is 382 g/mol. The lowest BCUT2D eigenvalue weighted by Crippen LogP contribution is -2.46. The number of fused-ring (bicyclic) bond motifs is 2. The summed E-state index contributed by atoms with van der Waals surface area (Å²) in [5.41, 5.74) is 1.77. The topological polar surface area (TPSA) is 58.2 Å². The van der Waals surface area contributed by atoms with Crippen molar-refractivity contribution in [2.45, 2.75) is 46.1 Å². The van der Waals surface area contributed by atoms with E-state index in [0.717, 1.165) is 6.42 Å². The Labute approximate surface area is 164 Å². The number of carbonyl (C=O) groups is 2. The summed E-state index contributed by atoms with van der Waals surface area (Å²) in [5, 5.41) is 8.02. The third-order valence-electron chi connectivity index (χ3n) is 7.25. The van der Waals surface area contributed by atoms with Crippen LogP contribution in [0.4, 0.5) is 5.69 Å². The summed E-state index contributed by atoms with van der Waals surface area (Å²) >= 11 is 1.41. The van der Waals surface area contributed by atoms with Crippen LogP contribution in [-0.4, -0.2) is 17.9 Å². The molecule has 5 heteroatoms. The Bertz CT molecular complexity index is 857. The van der Waals surface area contributed by atoms with Gasteiger partial charge in [0.25, 0.3) is 11.8 Å². The lowest BCUT2D eigenvalue weighted by atomic mass is 9.69. The second kappa shape index (κ2) is 6.48. The van der Waals surface area contributed by atoms with Crippen LogP contribution < -0.4 is 10.6 Å². The van der Waals surface area contributed by atoms with Gasteiger partial charge in [0.1, 0.15) is 0 Å². The zero-order valence-corrected chi connectivity index (χ0v) is 16.9. The van der Waals surface area contributed by atoms with Gasteiger partial charge in [-0.3, -0.25) is 9.59 Å². The molecule has 1 aromatic heterocycles. The van der Waals surface area contributed by atoms with Gasteiger partial charge in [0.05, 0.1) is 4.88 Å². The van der Waals surface area contributed by atoms with Crippen molar-refractivity contribution in [3.63, 3.8) is 0 Å². The molecule has 0 radical (unpaired) electrons. The molecule has 4 rings (SSSR count). The molecule has 2 N–H and O–H groups in total. The van der Waals surface area contributed by atoms with Crippen LogP contribution in [-0.2, 0) is 0 Å². The van der Waals surface area contributed by atoms with E-state index in [0.29, 0.717) is 22.0 Å². The molecule has 142 valence electrons. The highest BCUT2D eigenvalue weighted by molar-refractivity contribution is 7.12. The van der Waals surface area contributed by atoms with Crippen LogP contribution >= 0.6 is 11.3 Å². The SMILES string of the molecule is CC1(C)C2CCC1(C)C(NC(=O)c1ccc(NC(=O)c3cccs3)cc1)C2. The first-order valence-corrected chi connectivity index (χ1v) is 10.4. The summed E-state index contributed by atoms with van der Waals surface area (Å²) in [5.74, 6) is 0.544. The maximum atomic E-state index is 12.8. The molecule has 3 atom stereocenters. The lowest BCUT2D eigenvalue weighted by molar-refractivity contribution is 0.0826. The number of nitrogens with one attached hydrogen (secondary N) is 2. The maximum Gasteiger partial charge on any atom is 0.265 e. The largest absolute Gasteiger partial charge is 0.349 e. The van der Waals surface area contributed by atoms with E-state index in [9.17, 15) is 9.59 Å². The number of thiophene rings is 1. The number of carbonyl (C=O) groups excluding carboxylic acids is 2. The van der Waals surface area contributed by atoms with Crippen molar-refractivity contribution < 1.29 is 9.59 Å². The van der Waals surface area contributed by atoms with Gasteiger partial charge in [0.2, 0.25) is 0 Å². The molecule has 2 bridgehead atoms. The molecule has 0 saturated heterocycles. The van der Waals surface area contributed by atoms with Gasteiger partial charge in [0.15, 0.2) is 0 Å². The van der Waals surface area contributed by atoms with E-state index in [4.69, 9.17) is 0 Å². The number of benzene rings is 1. The summed E-state index contributed by atoms with van der Waals surface area (Å²) in [6, 6.07) is 11.0. The van der Waals surface area contributed by atoms with Crippen LogP contribution in [0.5, 0.6) is 0 Å². The number of hydrogen-bond donors (Lipinski definition) is 2. The molecule has 0 spiro atoms. The van der Waals surface area contributed by atoms with Crippen LogP contribution in [0.1, 0.15) is 60.1 Å². The maximum absolute atomic E-state index is 12.8. The van der Waals surface area contributed by atoms with Gasteiger partial charge in [-0.1, -0.05) is 26.8 Å². The summed E-state index contributed by atoms with van der Waals surface area (Å²) < 4.78 is 0. The number of anilines is 1. The molecule has 2 saturated carbocycles. The second-order valence-corrected chi connectivity index (χ2v) is 9.59. The van der Waals surface area contributed by atoms with Gasteiger partial charge in [-0.25, -0.2) is 0 Å². The molecule has 2 aliphatic carbocycles. The van der Waals surface area contributed by atoms with E-state index in [2.05, 4.69) is 31.4 Å². The zero-order chi connectivity index (χ0) is 19.2. The van der Waals surface area contributed by atoms with E-state index in [1.165, 1.54) is 24.2 Å². The van der Waals surface area contributed by atoms with Crippen LogP contribution in [0.25, 0.3) is 0 Å². The van der Waals surface area contributed by atoms with Crippen molar-refractivity contribution in [1.82, 2.24) is 5.32 Å². The zero-order valence-electron chi connectivity index (χ0n) is 16.0. The van der Waals surface area contributed by atoms with E-state index >= 15 is 0 Å². The van der Waals surface area contributed by atoms with Crippen molar-refractivity contribution >= 4 is 28.8 Å². The minimum absolute atomic E-state index is 0.0271. The molecule has 1 aromatic carbocycles. The van der Waals surface area contributed by atoms with E-state index < -0.39 is 0 Å². The van der Waals surface area contributed by atoms with Gasteiger partial charge in [-0.05, 0) is 71.7 Å². The highest BCUT2D eigenvalue weighted by Crippen LogP contribution is 2.65. The fourth-order valence-electron chi connectivity index (χ4n) is 4.97. The predicted molar refractivity (Wildman–Crippen MR) is 109 cm³/mol. The second-order valence-electron chi connectivity index (χ2n) is 8.65. The molecule has 2 fully saturated rings. The normalized spacial score (nSPS) is 28.1. The first kappa shape index (κ1) is 18.2. The summed E-state index contributed by atoms with van der Waals surface area (Å²) in [6.45, 7) is 7.03. The molecular weight excluding hydrogens is 356 g/mol. The molecule has 0 aliphatic heterocycles. The van der Waals surface area contributed by atoms with Gasteiger partial charge >= 0.3 is 0 Å². The average Bonchev–Trinajstić information content (AvgIpc) is 3.29. The van der Waals surface area contributed by atoms with Crippen molar-refractivity contribution in [3.8, 4) is 0 Å². The van der Waals surface area contributed by atoms with Gasteiger partial charge < -0.3 is 10.6 Å². The Kier molecular flexibility index (Phi) is 4.38. The minimum Gasteiger partial charge on any atom is -0.349 e. The van der Waals surface area contributed by atoms with E-state index in [1.54, 1.807) is 30.3 Å². The van der Waals surface area contributed by atoms with Gasteiger partial charge in [-0.2, -0.15) is 0 Å². The van der Waals surface area contributed by atoms with Gasteiger partial charge in [-0.15, -0.1) is 11.3 Å². The Morgan fingerprint density at radius 3 is 2.37 bits per heavy atom. The standard InChI is InChI=1S/C22H26N2O2S/c1-21(2)15-10-11-22(21,3)18(13-15)24-19(25)14-6-8-16(9-7-14)23-20(26)17-5-4-12-27-17/h4-9,12,15,18H,10-11,13H2,1-3H3,(H,23,26)(H,24,25). The van der Waals surface area contributed by atoms with Gasteiger partial charge in [0, 0.05) is 17.3 Å². The first-order chi connectivity index (χ1) is 12.8. The van der Waals surface area contributed by atoms with Crippen molar-refractivity contribution in [1.29, 1.82) is 0 Å². The minimum atomic E-state index is -0.126. The Morgan fingerprint density at radius 1 is 1.07 bits per heavy atom. The smallest absolute Gasteiger partial charge is 0.265 e. The molecular formula is C22H26N2O2S. The molecule has 2 amide bonds. The molecule has 1 heterocycles. The Morgan fingerprint density at radius 2 is 1.81 bits per heavy atom. The Balaban J connectivity index is 1.41. The predicted octanol–water partition coefficient (Wildman–Crippen LogP) is 4.95. The van der Waals surface area contributed by atoms with Crippen LogP contribution in [0.3, 0.4) is 0 Å². The highest BCUT2D eigenvalue weighted by Gasteiger charge is 2.61. The van der Waals surface area contributed by atoms with Crippen molar-refractivity contribution in [2.24, 2.45) is 16.7 Å².